The zero-order chi connectivity index (χ0) is 15.0. The van der Waals surface area contributed by atoms with E-state index in [-0.39, 0.29) is 22.4 Å². The molecule has 0 saturated carbocycles. The number of nitrogens with one attached hydrogen (secondary N) is 3. The number of carbonyl (C=O) groups is 1. The number of aromatic amines is 2. The Bertz CT molecular complexity index is 973. The van der Waals surface area contributed by atoms with Crippen molar-refractivity contribution in [2.24, 2.45) is 0 Å². The van der Waals surface area contributed by atoms with Crippen LogP contribution in [0.4, 0.5) is 0 Å². The Labute approximate surface area is 117 Å². The van der Waals surface area contributed by atoms with Crippen LogP contribution in [-0.4, -0.2) is 26.3 Å². The van der Waals surface area contributed by atoms with Gasteiger partial charge in [0.2, 0.25) is 11.3 Å². The summed E-state index contributed by atoms with van der Waals surface area (Å²) in [6, 6.07) is 4.97. The average molecular weight is 285 g/mol. The number of H-pyrrole nitrogens is 2. The van der Waals surface area contributed by atoms with E-state index in [0.29, 0.717) is 17.4 Å². The minimum absolute atomic E-state index is 0.0281. The molecule has 0 aliphatic heterocycles. The van der Waals surface area contributed by atoms with Gasteiger partial charge in [-0.2, -0.15) is 0 Å². The lowest BCUT2D eigenvalue weighted by molar-refractivity contribution is -0.119. The van der Waals surface area contributed by atoms with Crippen LogP contribution in [0, 0.1) is 0 Å². The van der Waals surface area contributed by atoms with Gasteiger partial charge in [-0.1, -0.05) is 11.3 Å². The molecule has 2 heterocycles. The predicted octanol–water partition coefficient (Wildman–Crippen LogP) is -0.204. The van der Waals surface area contributed by atoms with Crippen LogP contribution in [0.15, 0.2) is 27.8 Å². The molecule has 1 amide bonds. The van der Waals surface area contributed by atoms with Gasteiger partial charge in [0.15, 0.2) is 5.52 Å². The van der Waals surface area contributed by atoms with E-state index in [2.05, 4.69) is 25.7 Å². The van der Waals surface area contributed by atoms with Crippen molar-refractivity contribution in [1.82, 2.24) is 25.7 Å². The summed E-state index contributed by atoms with van der Waals surface area (Å²) in [5.41, 5.74) is 0.352. The number of benzene rings is 1. The van der Waals surface area contributed by atoms with Crippen molar-refractivity contribution in [1.29, 1.82) is 0 Å². The molecule has 3 N–H and O–H groups in total. The summed E-state index contributed by atoms with van der Waals surface area (Å²) < 4.78 is 0. The highest BCUT2D eigenvalue weighted by Gasteiger charge is 2.09. The van der Waals surface area contributed by atoms with Crippen LogP contribution < -0.4 is 16.3 Å². The van der Waals surface area contributed by atoms with Gasteiger partial charge in [0.05, 0.1) is 5.52 Å². The Morgan fingerprint density at radius 3 is 2.90 bits per heavy atom. The molecule has 106 valence electrons. The minimum atomic E-state index is -0.498. The zero-order valence-corrected chi connectivity index (χ0v) is 11.1. The van der Waals surface area contributed by atoms with Gasteiger partial charge >= 0.3 is 0 Å². The molecule has 3 rings (SSSR count). The van der Waals surface area contributed by atoms with E-state index >= 15 is 0 Å². The Kier molecular flexibility index (Phi) is 2.98. The molecular weight excluding hydrogens is 274 g/mol. The summed E-state index contributed by atoms with van der Waals surface area (Å²) in [5, 5.41) is 12.5. The van der Waals surface area contributed by atoms with Crippen LogP contribution >= 0.6 is 0 Å². The number of aromatic nitrogens is 4. The fourth-order valence-electron chi connectivity index (χ4n) is 2.09. The maximum absolute atomic E-state index is 12.3. The molecule has 0 saturated heterocycles. The quantitative estimate of drug-likeness (QED) is 0.602. The molecule has 1 aromatic carbocycles. The SMILES string of the molecule is CC(=O)NCc1ccc2c(=O)c3[nH]nnc3c(=O)[nH]c2c1. The largest absolute Gasteiger partial charge is 0.352 e. The minimum Gasteiger partial charge on any atom is -0.352 e. The smallest absolute Gasteiger partial charge is 0.278 e. The van der Waals surface area contributed by atoms with E-state index < -0.39 is 5.56 Å². The van der Waals surface area contributed by atoms with Gasteiger partial charge in [-0.3, -0.25) is 19.5 Å². The Hall–Kier alpha value is -3.03. The van der Waals surface area contributed by atoms with E-state index in [1.165, 1.54) is 6.92 Å². The molecule has 8 heteroatoms. The number of rotatable bonds is 2. The first-order valence-electron chi connectivity index (χ1n) is 6.20. The van der Waals surface area contributed by atoms with Gasteiger partial charge in [0, 0.05) is 18.9 Å². The molecule has 2 aromatic heterocycles. The summed E-state index contributed by atoms with van der Waals surface area (Å²) in [5.74, 6) is -0.157. The van der Waals surface area contributed by atoms with Crippen molar-refractivity contribution >= 4 is 27.8 Å². The molecule has 0 spiro atoms. The number of nitrogens with zero attached hydrogens (tertiary/aromatic N) is 2. The normalized spacial score (nSPS) is 10.9. The van der Waals surface area contributed by atoms with Gasteiger partial charge in [-0.15, -0.1) is 5.10 Å². The summed E-state index contributed by atoms with van der Waals surface area (Å²) in [7, 11) is 0. The van der Waals surface area contributed by atoms with Gasteiger partial charge in [0.25, 0.3) is 5.56 Å². The highest BCUT2D eigenvalue weighted by molar-refractivity contribution is 5.86. The lowest BCUT2D eigenvalue weighted by Gasteiger charge is -2.02. The van der Waals surface area contributed by atoms with Crippen LogP contribution in [-0.2, 0) is 11.3 Å². The van der Waals surface area contributed by atoms with E-state index in [9.17, 15) is 14.4 Å². The molecular formula is C13H11N5O3. The van der Waals surface area contributed by atoms with Gasteiger partial charge < -0.3 is 10.3 Å². The highest BCUT2D eigenvalue weighted by atomic mass is 16.1. The van der Waals surface area contributed by atoms with Crippen LogP contribution in [0.2, 0.25) is 0 Å². The fourth-order valence-corrected chi connectivity index (χ4v) is 2.09. The van der Waals surface area contributed by atoms with Gasteiger partial charge in [0.1, 0.15) is 5.52 Å². The fraction of sp³-hybridized carbons (Fsp3) is 0.154. The standard InChI is InChI=1S/C13H11N5O3/c1-6(19)14-5-7-2-3-8-9(4-7)15-13(21)11-10(12(8)20)16-18-17-11/h2-4H,5H2,1H3,(H,14,19)(H,15,21)(H,16,17,18). The van der Waals surface area contributed by atoms with Crippen LogP contribution in [0.5, 0.6) is 0 Å². The van der Waals surface area contributed by atoms with E-state index in [0.717, 1.165) is 5.56 Å². The number of hydrogen-bond acceptors (Lipinski definition) is 5. The van der Waals surface area contributed by atoms with Gasteiger partial charge in [-0.05, 0) is 17.7 Å². The molecule has 0 fully saturated rings. The number of amides is 1. The van der Waals surface area contributed by atoms with Crippen molar-refractivity contribution in [3.63, 3.8) is 0 Å². The second kappa shape index (κ2) is 4.82. The lowest BCUT2D eigenvalue weighted by atomic mass is 10.1. The maximum atomic E-state index is 12.3. The molecule has 21 heavy (non-hydrogen) atoms. The van der Waals surface area contributed by atoms with E-state index in [1.54, 1.807) is 18.2 Å². The second-order valence-corrected chi connectivity index (χ2v) is 4.61. The zero-order valence-electron chi connectivity index (χ0n) is 11.1. The van der Waals surface area contributed by atoms with Gasteiger partial charge in [-0.25, -0.2) is 0 Å². The summed E-state index contributed by atoms with van der Waals surface area (Å²) >= 11 is 0. The van der Waals surface area contributed by atoms with Crippen LogP contribution in [0.1, 0.15) is 12.5 Å². The first-order chi connectivity index (χ1) is 10.1. The third-order valence-corrected chi connectivity index (χ3v) is 3.11. The third kappa shape index (κ3) is 2.27. The number of carbonyl (C=O) groups excluding carboxylic acids is 1. The molecule has 0 atom stereocenters. The Morgan fingerprint density at radius 1 is 1.33 bits per heavy atom. The molecule has 0 aliphatic carbocycles. The van der Waals surface area contributed by atoms with Crippen molar-refractivity contribution in [2.45, 2.75) is 13.5 Å². The number of fused-ring (bicyclic) bond motifs is 2. The molecule has 3 aromatic rings. The second-order valence-electron chi connectivity index (χ2n) is 4.61. The summed E-state index contributed by atoms with van der Waals surface area (Å²) in [6.07, 6.45) is 0. The summed E-state index contributed by atoms with van der Waals surface area (Å²) in [6.45, 7) is 1.73. The summed E-state index contributed by atoms with van der Waals surface area (Å²) in [4.78, 5) is 37.9. The predicted molar refractivity (Wildman–Crippen MR) is 75.8 cm³/mol. The highest BCUT2D eigenvalue weighted by Crippen LogP contribution is 2.10. The number of hydrogen-bond donors (Lipinski definition) is 3. The maximum Gasteiger partial charge on any atom is 0.278 e. The van der Waals surface area contributed by atoms with Crippen molar-refractivity contribution < 1.29 is 4.79 Å². The first-order valence-corrected chi connectivity index (χ1v) is 6.20. The van der Waals surface area contributed by atoms with Crippen molar-refractivity contribution in [3.05, 3.63) is 44.3 Å². The average Bonchev–Trinajstić information content (AvgIpc) is 2.90. The van der Waals surface area contributed by atoms with Crippen molar-refractivity contribution in [3.8, 4) is 0 Å². The van der Waals surface area contributed by atoms with Crippen LogP contribution in [0.3, 0.4) is 0 Å². The molecule has 0 aliphatic rings. The third-order valence-electron chi connectivity index (χ3n) is 3.11. The molecule has 8 nitrogen and oxygen atoms in total. The van der Waals surface area contributed by atoms with E-state index in [1.807, 2.05) is 0 Å². The monoisotopic (exact) mass is 285 g/mol. The van der Waals surface area contributed by atoms with Crippen LogP contribution in [0.25, 0.3) is 21.9 Å². The lowest BCUT2D eigenvalue weighted by Crippen LogP contribution is -2.18. The van der Waals surface area contributed by atoms with E-state index in [4.69, 9.17) is 0 Å². The first kappa shape index (κ1) is 13.0. The topological polar surface area (TPSA) is 121 Å². The Balaban J connectivity index is 2.27. The Morgan fingerprint density at radius 2 is 2.14 bits per heavy atom. The van der Waals surface area contributed by atoms with Crippen molar-refractivity contribution in [2.75, 3.05) is 0 Å². The molecule has 0 unspecified atom stereocenters. The molecule has 0 radical (unpaired) electrons. The molecule has 0 bridgehead atoms.